The van der Waals surface area contributed by atoms with E-state index in [1.54, 1.807) is 18.9 Å². The molecule has 0 aliphatic rings. The molecule has 2 N–H and O–H groups in total. The van der Waals surface area contributed by atoms with Gasteiger partial charge in [-0.3, -0.25) is 0 Å². The van der Waals surface area contributed by atoms with Crippen molar-refractivity contribution in [2.24, 2.45) is 0 Å². The molecule has 21 heavy (non-hydrogen) atoms. The fourth-order valence-electron chi connectivity index (χ4n) is 2.07. The highest BCUT2D eigenvalue weighted by Crippen LogP contribution is 2.34. The Morgan fingerprint density at radius 2 is 1.95 bits per heavy atom. The molecule has 2 aromatic carbocycles. The van der Waals surface area contributed by atoms with Crippen LogP contribution in [0.4, 0.5) is 5.69 Å². The molecule has 0 radical (unpaired) electrons. The molecular formula is C17H21NO2S. The van der Waals surface area contributed by atoms with E-state index in [1.807, 2.05) is 31.2 Å². The maximum Gasteiger partial charge on any atom is 0.122 e. The first-order valence-corrected chi connectivity index (χ1v) is 7.91. The standard InChI is InChI=1S/C17H21NO2S/c1-4-20-14-6-7-15(18)17(10-14)21-11-13-9-12(2)5-8-16(13)19-3/h5-10H,4,11,18H2,1-3H3. The van der Waals surface area contributed by atoms with E-state index in [2.05, 4.69) is 19.1 Å². The monoisotopic (exact) mass is 303 g/mol. The number of aryl methyl sites for hydroxylation is 1. The SMILES string of the molecule is CCOc1ccc(N)c(SCc2cc(C)ccc2OC)c1. The summed E-state index contributed by atoms with van der Waals surface area (Å²) in [5, 5.41) is 0. The molecule has 0 aliphatic carbocycles. The summed E-state index contributed by atoms with van der Waals surface area (Å²) in [7, 11) is 1.70. The number of anilines is 1. The van der Waals surface area contributed by atoms with Crippen molar-refractivity contribution in [2.75, 3.05) is 19.5 Å². The van der Waals surface area contributed by atoms with Gasteiger partial charge in [0, 0.05) is 21.9 Å². The van der Waals surface area contributed by atoms with Crippen LogP contribution in [-0.2, 0) is 5.75 Å². The number of nitrogen functional groups attached to an aromatic ring is 1. The van der Waals surface area contributed by atoms with Gasteiger partial charge in [-0.2, -0.15) is 0 Å². The van der Waals surface area contributed by atoms with Crippen LogP contribution in [0.3, 0.4) is 0 Å². The van der Waals surface area contributed by atoms with E-state index in [-0.39, 0.29) is 0 Å². The van der Waals surface area contributed by atoms with Crippen LogP contribution >= 0.6 is 11.8 Å². The molecule has 0 heterocycles. The lowest BCUT2D eigenvalue weighted by Gasteiger charge is -2.11. The van der Waals surface area contributed by atoms with Crippen molar-refractivity contribution in [3.8, 4) is 11.5 Å². The first-order valence-electron chi connectivity index (χ1n) is 6.92. The molecule has 0 fully saturated rings. The number of nitrogens with two attached hydrogens (primary N) is 1. The maximum absolute atomic E-state index is 6.04. The minimum atomic E-state index is 0.653. The van der Waals surface area contributed by atoms with E-state index in [4.69, 9.17) is 15.2 Å². The van der Waals surface area contributed by atoms with E-state index in [0.29, 0.717) is 6.61 Å². The summed E-state index contributed by atoms with van der Waals surface area (Å²) in [4.78, 5) is 1.03. The molecule has 3 nitrogen and oxygen atoms in total. The van der Waals surface area contributed by atoms with Gasteiger partial charge in [-0.05, 0) is 38.1 Å². The van der Waals surface area contributed by atoms with Crippen LogP contribution in [0.1, 0.15) is 18.1 Å². The van der Waals surface area contributed by atoms with Crippen molar-refractivity contribution >= 4 is 17.4 Å². The number of benzene rings is 2. The van der Waals surface area contributed by atoms with E-state index in [9.17, 15) is 0 Å². The molecule has 0 atom stereocenters. The Morgan fingerprint density at radius 1 is 1.14 bits per heavy atom. The summed E-state index contributed by atoms with van der Waals surface area (Å²) >= 11 is 1.69. The zero-order valence-electron chi connectivity index (χ0n) is 12.7. The van der Waals surface area contributed by atoms with Crippen molar-refractivity contribution in [1.29, 1.82) is 0 Å². The van der Waals surface area contributed by atoms with Crippen LogP contribution in [-0.4, -0.2) is 13.7 Å². The third kappa shape index (κ3) is 4.08. The Morgan fingerprint density at radius 3 is 2.67 bits per heavy atom. The quantitative estimate of drug-likeness (QED) is 0.639. The lowest BCUT2D eigenvalue weighted by molar-refractivity contribution is 0.339. The Labute approximate surface area is 130 Å². The molecule has 0 aromatic heterocycles. The van der Waals surface area contributed by atoms with Crippen LogP contribution in [0.15, 0.2) is 41.3 Å². The number of methoxy groups -OCH3 is 1. The van der Waals surface area contributed by atoms with Gasteiger partial charge >= 0.3 is 0 Å². The molecule has 0 spiro atoms. The number of hydrogen-bond donors (Lipinski definition) is 1. The van der Waals surface area contributed by atoms with E-state index in [0.717, 1.165) is 27.8 Å². The summed E-state index contributed by atoms with van der Waals surface area (Å²) in [6.07, 6.45) is 0. The molecule has 0 amide bonds. The lowest BCUT2D eigenvalue weighted by atomic mass is 10.1. The zero-order valence-corrected chi connectivity index (χ0v) is 13.5. The molecule has 0 saturated heterocycles. The number of ether oxygens (including phenoxy) is 2. The van der Waals surface area contributed by atoms with Gasteiger partial charge in [0.1, 0.15) is 11.5 Å². The van der Waals surface area contributed by atoms with Gasteiger partial charge in [0.15, 0.2) is 0 Å². The van der Waals surface area contributed by atoms with E-state index in [1.165, 1.54) is 11.1 Å². The summed E-state index contributed by atoms with van der Waals surface area (Å²) in [5.41, 5.74) is 9.21. The number of rotatable bonds is 6. The molecule has 4 heteroatoms. The van der Waals surface area contributed by atoms with Gasteiger partial charge in [0.2, 0.25) is 0 Å². The van der Waals surface area contributed by atoms with Gasteiger partial charge in [-0.25, -0.2) is 0 Å². The summed E-state index contributed by atoms with van der Waals surface area (Å²) in [5.74, 6) is 2.57. The van der Waals surface area contributed by atoms with Gasteiger partial charge in [0.05, 0.1) is 13.7 Å². The molecule has 2 rings (SSSR count). The minimum Gasteiger partial charge on any atom is -0.496 e. The van der Waals surface area contributed by atoms with Crippen molar-refractivity contribution in [2.45, 2.75) is 24.5 Å². The predicted octanol–water partition coefficient (Wildman–Crippen LogP) is 4.28. The van der Waals surface area contributed by atoms with Crippen molar-refractivity contribution in [3.63, 3.8) is 0 Å². The maximum atomic E-state index is 6.04. The summed E-state index contributed by atoms with van der Waals surface area (Å²) in [6, 6.07) is 12.0. The second-order valence-corrected chi connectivity index (χ2v) is 5.75. The highest BCUT2D eigenvalue weighted by Gasteiger charge is 2.07. The Kier molecular flexibility index (Phi) is 5.39. The molecule has 112 valence electrons. The molecule has 0 saturated carbocycles. The molecule has 0 aliphatic heterocycles. The molecule has 2 aromatic rings. The first-order chi connectivity index (χ1) is 10.1. The number of hydrogen-bond acceptors (Lipinski definition) is 4. The second-order valence-electron chi connectivity index (χ2n) is 4.74. The van der Waals surface area contributed by atoms with Crippen LogP contribution in [0.25, 0.3) is 0 Å². The van der Waals surface area contributed by atoms with Crippen molar-refractivity contribution < 1.29 is 9.47 Å². The minimum absolute atomic E-state index is 0.653. The van der Waals surface area contributed by atoms with Gasteiger partial charge in [0.25, 0.3) is 0 Å². The van der Waals surface area contributed by atoms with Gasteiger partial charge < -0.3 is 15.2 Å². The molecule has 0 bridgehead atoms. The second kappa shape index (κ2) is 7.27. The van der Waals surface area contributed by atoms with Crippen molar-refractivity contribution in [1.82, 2.24) is 0 Å². The average molecular weight is 303 g/mol. The highest BCUT2D eigenvalue weighted by molar-refractivity contribution is 7.98. The predicted molar refractivity (Wildman–Crippen MR) is 89.3 cm³/mol. The smallest absolute Gasteiger partial charge is 0.122 e. The fraction of sp³-hybridized carbons (Fsp3) is 0.294. The number of thioether (sulfide) groups is 1. The van der Waals surface area contributed by atoms with Gasteiger partial charge in [-0.15, -0.1) is 11.8 Å². The third-order valence-electron chi connectivity index (χ3n) is 3.12. The Balaban J connectivity index is 2.16. The van der Waals surface area contributed by atoms with Crippen LogP contribution in [0, 0.1) is 6.92 Å². The van der Waals surface area contributed by atoms with Crippen LogP contribution in [0.2, 0.25) is 0 Å². The average Bonchev–Trinajstić information content (AvgIpc) is 2.48. The largest absolute Gasteiger partial charge is 0.496 e. The highest BCUT2D eigenvalue weighted by atomic mass is 32.2. The third-order valence-corrected chi connectivity index (χ3v) is 4.24. The first kappa shape index (κ1) is 15.6. The molecule has 0 unspecified atom stereocenters. The zero-order chi connectivity index (χ0) is 15.2. The van der Waals surface area contributed by atoms with Crippen LogP contribution in [0.5, 0.6) is 11.5 Å². The van der Waals surface area contributed by atoms with Gasteiger partial charge in [-0.1, -0.05) is 17.7 Å². The fourth-order valence-corrected chi connectivity index (χ4v) is 3.04. The van der Waals surface area contributed by atoms with Crippen LogP contribution < -0.4 is 15.2 Å². The summed E-state index contributed by atoms with van der Waals surface area (Å²) in [6.45, 7) is 4.71. The molecular weight excluding hydrogens is 282 g/mol. The Hall–Kier alpha value is -1.81. The topological polar surface area (TPSA) is 44.5 Å². The lowest BCUT2D eigenvalue weighted by Crippen LogP contribution is -1.95. The van der Waals surface area contributed by atoms with Crippen molar-refractivity contribution in [3.05, 3.63) is 47.5 Å². The normalized spacial score (nSPS) is 10.4. The van der Waals surface area contributed by atoms with E-state index < -0.39 is 0 Å². The van der Waals surface area contributed by atoms with E-state index >= 15 is 0 Å². The summed E-state index contributed by atoms with van der Waals surface area (Å²) < 4.78 is 10.9. The Bertz CT molecular complexity index is 614.